The largest absolute Gasteiger partial charge is 0.456 e. The first kappa shape index (κ1) is 29.5. The van der Waals surface area contributed by atoms with Crippen molar-refractivity contribution in [1.82, 2.24) is 19.5 Å². The maximum atomic E-state index is 7.55. The second kappa shape index (κ2) is 11.9. The van der Waals surface area contributed by atoms with Crippen molar-refractivity contribution in [2.45, 2.75) is 0 Å². The van der Waals surface area contributed by atoms with Crippen LogP contribution >= 0.6 is 0 Å². The van der Waals surface area contributed by atoms with Gasteiger partial charge in [-0.2, -0.15) is 0 Å². The fraction of sp³-hybridized carbons (Fsp3) is 0. The van der Waals surface area contributed by atoms with Crippen molar-refractivity contribution in [3.05, 3.63) is 175 Å². The summed E-state index contributed by atoms with van der Waals surface area (Å²) in [5.74, 6) is 1.65. The number of aromatic nitrogens is 4. The molecule has 52 heavy (non-hydrogen) atoms. The molecule has 0 atom stereocenters. The number of hydrogen-bond donors (Lipinski definition) is 0. The normalized spacial score (nSPS) is 11.4. The van der Waals surface area contributed by atoms with Crippen LogP contribution < -0.4 is 0 Å². The van der Waals surface area contributed by atoms with Crippen molar-refractivity contribution < 1.29 is 4.42 Å². The molecule has 3 heterocycles. The number of furan rings is 1. The first-order valence-corrected chi connectivity index (χ1v) is 17.1. The molecule has 6 heteroatoms. The van der Waals surface area contributed by atoms with E-state index >= 15 is 0 Å². The van der Waals surface area contributed by atoms with E-state index in [2.05, 4.69) is 100 Å². The molecule has 0 aliphatic rings. The van der Waals surface area contributed by atoms with Crippen LogP contribution in [0.1, 0.15) is 0 Å². The summed E-state index contributed by atoms with van der Waals surface area (Å²) in [6.45, 7) is 7.55. The third-order valence-electron chi connectivity index (χ3n) is 9.65. The summed E-state index contributed by atoms with van der Waals surface area (Å²) in [4.78, 5) is 18.5. The summed E-state index contributed by atoms with van der Waals surface area (Å²) in [7, 11) is 0. The molecule has 0 unspecified atom stereocenters. The van der Waals surface area contributed by atoms with Crippen LogP contribution in [0.15, 0.2) is 168 Å². The van der Waals surface area contributed by atoms with Crippen molar-refractivity contribution >= 4 is 49.4 Å². The smallest absolute Gasteiger partial charge is 0.187 e. The Hall–Kier alpha value is -7.36. The van der Waals surface area contributed by atoms with Crippen molar-refractivity contribution in [3.63, 3.8) is 0 Å². The van der Waals surface area contributed by atoms with Gasteiger partial charge in [-0.05, 0) is 59.7 Å². The number of rotatable bonds is 5. The number of fused-ring (bicyclic) bond motifs is 6. The summed E-state index contributed by atoms with van der Waals surface area (Å²) < 4.78 is 8.45. The zero-order valence-corrected chi connectivity index (χ0v) is 27.7. The third-order valence-corrected chi connectivity index (χ3v) is 9.65. The maximum Gasteiger partial charge on any atom is 0.187 e. The first-order chi connectivity index (χ1) is 25.7. The Morgan fingerprint density at radius 2 is 1.04 bits per heavy atom. The van der Waals surface area contributed by atoms with Gasteiger partial charge in [-0.3, -0.25) is 0 Å². The number of hydrogen-bond acceptors (Lipinski definition) is 4. The lowest BCUT2D eigenvalue weighted by Crippen LogP contribution is -2.01. The fourth-order valence-electron chi connectivity index (χ4n) is 7.18. The number of para-hydroxylation sites is 2. The van der Waals surface area contributed by atoms with Gasteiger partial charge in [0.15, 0.2) is 23.2 Å². The molecule has 242 valence electrons. The summed E-state index contributed by atoms with van der Waals surface area (Å²) in [5, 5.41) is 4.57. The molecule has 0 aliphatic heterocycles. The standard InChI is InChI=1S/C46H27N5O/c1-47-34-15-9-13-32(25-34)45-48-44(29-11-3-2-4-12-29)49-46(50-45)33-14-10-16-35(26-33)51-40-19-7-5-17-36(40)37-23-21-31(28-41(37)51)30-22-24-43-39(27-30)38-18-6-8-20-42(38)52-43/h2-28H. The average molecular weight is 666 g/mol. The zero-order valence-electron chi connectivity index (χ0n) is 27.7. The molecule has 0 spiro atoms. The van der Waals surface area contributed by atoms with E-state index in [1.54, 1.807) is 6.07 Å². The van der Waals surface area contributed by atoms with Gasteiger partial charge in [0.1, 0.15) is 11.2 Å². The van der Waals surface area contributed by atoms with E-state index < -0.39 is 0 Å². The van der Waals surface area contributed by atoms with Gasteiger partial charge in [-0.15, -0.1) is 0 Å². The Labute approximate surface area is 298 Å². The van der Waals surface area contributed by atoms with Gasteiger partial charge in [0.25, 0.3) is 0 Å². The van der Waals surface area contributed by atoms with Gasteiger partial charge >= 0.3 is 0 Å². The second-order valence-electron chi connectivity index (χ2n) is 12.8. The molecule has 3 aromatic heterocycles. The number of benzene rings is 7. The third kappa shape index (κ3) is 4.92. The quantitative estimate of drug-likeness (QED) is 0.172. The van der Waals surface area contributed by atoms with Crippen LogP contribution in [0, 0.1) is 6.57 Å². The monoisotopic (exact) mass is 665 g/mol. The fourth-order valence-corrected chi connectivity index (χ4v) is 7.18. The molecular formula is C46H27N5O. The summed E-state index contributed by atoms with van der Waals surface area (Å²) in [5.41, 5.74) is 10.3. The predicted octanol–water partition coefficient (Wildman–Crippen LogP) is 12.1. The van der Waals surface area contributed by atoms with Crippen molar-refractivity contribution in [2.75, 3.05) is 0 Å². The minimum atomic E-state index is 0.517. The van der Waals surface area contributed by atoms with Crippen molar-refractivity contribution in [1.29, 1.82) is 0 Å². The van der Waals surface area contributed by atoms with E-state index in [-0.39, 0.29) is 0 Å². The summed E-state index contributed by atoms with van der Waals surface area (Å²) in [6, 6.07) is 55.6. The first-order valence-electron chi connectivity index (χ1n) is 17.1. The van der Waals surface area contributed by atoms with E-state index in [4.69, 9.17) is 25.9 Å². The molecule has 0 saturated carbocycles. The molecular weight excluding hydrogens is 639 g/mol. The van der Waals surface area contributed by atoms with Crippen LogP contribution in [-0.2, 0) is 0 Å². The van der Waals surface area contributed by atoms with Gasteiger partial charge in [0.2, 0.25) is 0 Å². The Morgan fingerprint density at radius 3 is 1.87 bits per heavy atom. The van der Waals surface area contributed by atoms with Gasteiger partial charge in [-0.1, -0.05) is 115 Å². The van der Waals surface area contributed by atoms with Gasteiger partial charge in [-0.25, -0.2) is 19.8 Å². The summed E-state index contributed by atoms with van der Waals surface area (Å²) >= 11 is 0. The second-order valence-corrected chi connectivity index (χ2v) is 12.8. The maximum absolute atomic E-state index is 7.55. The predicted molar refractivity (Wildman–Crippen MR) is 209 cm³/mol. The molecule has 0 aliphatic carbocycles. The van der Waals surface area contributed by atoms with Crippen LogP contribution in [0.2, 0.25) is 0 Å². The molecule has 6 nitrogen and oxygen atoms in total. The highest BCUT2D eigenvalue weighted by molar-refractivity contribution is 6.11. The molecule has 10 rings (SSSR count). The van der Waals surface area contributed by atoms with Crippen molar-refractivity contribution in [2.24, 2.45) is 0 Å². The van der Waals surface area contributed by atoms with E-state index in [9.17, 15) is 0 Å². The van der Waals surface area contributed by atoms with E-state index in [1.165, 1.54) is 10.8 Å². The molecule has 7 aromatic carbocycles. The highest BCUT2D eigenvalue weighted by Crippen LogP contribution is 2.38. The molecule has 0 N–H and O–H groups in total. The SMILES string of the molecule is [C-]#[N+]c1cccc(-c2nc(-c3ccccc3)nc(-c3cccc(-n4c5ccccc5c5ccc(-c6ccc7oc8ccccc8c7c6)cc54)c3)n2)c1. The van der Waals surface area contributed by atoms with Crippen LogP contribution in [0.5, 0.6) is 0 Å². The lowest BCUT2D eigenvalue weighted by molar-refractivity contribution is 0.669. The lowest BCUT2D eigenvalue weighted by atomic mass is 10.0. The molecule has 0 saturated heterocycles. The lowest BCUT2D eigenvalue weighted by Gasteiger charge is -2.12. The highest BCUT2D eigenvalue weighted by atomic mass is 16.3. The Morgan fingerprint density at radius 1 is 0.423 bits per heavy atom. The summed E-state index contributed by atoms with van der Waals surface area (Å²) in [6.07, 6.45) is 0. The van der Waals surface area contributed by atoms with Crippen molar-refractivity contribution in [3.8, 4) is 51.0 Å². The van der Waals surface area contributed by atoms with E-state index in [0.29, 0.717) is 23.2 Å². The average Bonchev–Trinajstić information content (AvgIpc) is 3.76. The molecule has 0 radical (unpaired) electrons. The minimum absolute atomic E-state index is 0.517. The van der Waals surface area contributed by atoms with Crippen LogP contribution in [0.25, 0.3) is 99.6 Å². The van der Waals surface area contributed by atoms with Gasteiger partial charge in [0, 0.05) is 43.9 Å². The van der Waals surface area contributed by atoms with Crippen LogP contribution in [0.4, 0.5) is 5.69 Å². The number of nitrogens with zero attached hydrogens (tertiary/aromatic N) is 5. The van der Waals surface area contributed by atoms with E-state index in [0.717, 1.165) is 66.5 Å². The highest BCUT2D eigenvalue weighted by Gasteiger charge is 2.17. The molecule has 0 fully saturated rings. The Balaban J connectivity index is 1.15. The van der Waals surface area contributed by atoms with Crippen LogP contribution in [0.3, 0.4) is 0 Å². The molecule has 10 aromatic rings. The Bertz CT molecular complexity index is 3040. The topological polar surface area (TPSA) is 61.1 Å². The minimum Gasteiger partial charge on any atom is -0.456 e. The molecule has 0 bridgehead atoms. The Kier molecular flexibility index (Phi) is 6.76. The van der Waals surface area contributed by atoms with Gasteiger partial charge < -0.3 is 8.98 Å². The van der Waals surface area contributed by atoms with E-state index in [1.807, 2.05) is 66.7 Å². The van der Waals surface area contributed by atoms with Crippen LogP contribution in [-0.4, -0.2) is 19.5 Å². The molecule has 0 amide bonds. The zero-order chi connectivity index (χ0) is 34.6. The van der Waals surface area contributed by atoms with Gasteiger partial charge in [0.05, 0.1) is 17.6 Å².